The lowest BCUT2D eigenvalue weighted by Gasteiger charge is -2.41. The molecule has 0 aromatic heterocycles. The molecule has 1 fully saturated rings. The third-order valence-corrected chi connectivity index (χ3v) is 5.98. The molecule has 12 nitrogen and oxygen atoms in total. The topological polar surface area (TPSA) is 192 Å². The monoisotopic (exact) mass is 510 g/mol. The fourth-order valence-corrected chi connectivity index (χ4v) is 3.99. The Morgan fingerprint density at radius 2 is 1.78 bits per heavy atom. The van der Waals surface area contributed by atoms with Gasteiger partial charge in [0.25, 0.3) is 0 Å². The van der Waals surface area contributed by atoms with Gasteiger partial charge in [0, 0.05) is 17.9 Å². The molecule has 6 N–H and O–H groups in total. The van der Waals surface area contributed by atoms with Crippen LogP contribution >= 0.6 is 0 Å². The Morgan fingerprint density at radius 3 is 2.39 bits per heavy atom. The molecule has 0 bridgehead atoms. The van der Waals surface area contributed by atoms with E-state index in [0.717, 1.165) is 11.8 Å². The molecule has 1 saturated heterocycles. The number of phenols is 1. The van der Waals surface area contributed by atoms with Gasteiger partial charge in [0.2, 0.25) is 6.29 Å². The van der Waals surface area contributed by atoms with Gasteiger partial charge in [0.05, 0.1) is 31.5 Å². The van der Waals surface area contributed by atoms with E-state index in [2.05, 4.69) is 0 Å². The summed E-state index contributed by atoms with van der Waals surface area (Å²) in [5.74, 6) is -2.87. The Hall–Kier alpha value is -3.00. The zero-order valence-corrected chi connectivity index (χ0v) is 19.5. The first-order valence-electron chi connectivity index (χ1n) is 11.3. The highest BCUT2D eigenvalue weighted by Gasteiger charge is 2.46. The van der Waals surface area contributed by atoms with E-state index in [4.69, 9.17) is 18.9 Å². The first kappa shape index (κ1) is 27.6. The lowest BCUT2D eigenvalue weighted by atomic mass is 9.86. The van der Waals surface area contributed by atoms with E-state index < -0.39 is 67.9 Å². The van der Waals surface area contributed by atoms with Gasteiger partial charge >= 0.3 is 11.9 Å². The molecule has 0 saturated carbocycles. The molecule has 198 valence electrons. The number of aliphatic hydroxyl groups excluding tert-OH is 4. The zero-order chi connectivity index (χ0) is 26.4. The van der Waals surface area contributed by atoms with Crippen molar-refractivity contribution in [1.82, 2.24) is 0 Å². The highest BCUT2D eigenvalue weighted by atomic mass is 16.8. The van der Waals surface area contributed by atoms with Crippen LogP contribution in [0.1, 0.15) is 18.9 Å². The van der Waals surface area contributed by atoms with Gasteiger partial charge in [0.1, 0.15) is 30.2 Å². The number of aliphatic carboxylic acids is 1. The summed E-state index contributed by atoms with van der Waals surface area (Å²) in [6.07, 6.45) is -6.60. The minimum Gasteiger partial charge on any atom is -0.508 e. The van der Waals surface area contributed by atoms with Crippen molar-refractivity contribution in [2.75, 3.05) is 13.2 Å². The maximum absolute atomic E-state index is 12.8. The second-order valence-corrected chi connectivity index (χ2v) is 8.37. The lowest BCUT2D eigenvalue weighted by molar-refractivity contribution is -0.327. The first-order valence-corrected chi connectivity index (χ1v) is 11.3. The summed E-state index contributed by atoms with van der Waals surface area (Å²) < 4.78 is 21.8. The minimum absolute atomic E-state index is 0.00326. The van der Waals surface area contributed by atoms with Crippen molar-refractivity contribution in [2.45, 2.75) is 56.8 Å². The van der Waals surface area contributed by atoms with Crippen molar-refractivity contribution in [3.05, 3.63) is 53.3 Å². The Bertz CT molecular complexity index is 970. The van der Waals surface area contributed by atoms with Gasteiger partial charge in [-0.1, -0.05) is 18.2 Å². The molecule has 2 aliphatic rings. The molecule has 2 aliphatic heterocycles. The number of benzene rings is 1. The number of carbonyl (C=O) groups excluding carboxylic acids is 1. The number of phenolic OH excluding ortho intramolecular Hbond substituents is 1. The van der Waals surface area contributed by atoms with Crippen molar-refractivity contribution in [3.8, 4) is 5.75 Å². The Labute approximate surface area is 206 Å². The van der Waals surface area contributed by atoms with Crippen molar-refractivity contribution < 1.29 is 59.2 Å². The number of carbonyl (C=O) groups is 2. The normalized spacial score (nSPS) is 31.4. The summed E-state index contributed by atoms with van der Waals surface area (Å²) in [5, 5.41) is 58.4. The number of rotatable bonds is 9. The van der Waals surface area contributed by atoms with Gasteiger partial charge < -0.3 is 49.6 Å². The maximum atomic E-state index is 12.8. The van der Waals surface area contributed by atoms with Crippen molar-refractivity contribution in [1.29, 1.82) is 0 Å². The van der Waals surface area contributed by atoms with Crippen molar-refractivity contribution in [3.63, 3.8) is 0 Å². The lowest BCUT2D eigenvalue weighted by Crippen LogP contribution is -2.60. The van der Waals surface area contributed by atoms with Gasteiger partial charge in [0.15, 0.2) is 6.29 Å². The third kappa shape index (κ3) is 6.40. The molecule has 0 aliphatic carbocycles. The van der Waals surface area contributed by atoms with Crippen LogP contribution in [0.3, 0.4) is 0 Å². The molecule has 3 rings (SSSR count). The first-order chi connectivity index (χ1) is 17.2. The SMILES string of the molecule is CC=C1[C@H](O[C@@H]2O[C@H](CO)[C@@H](O)[C@H](O)[C@H]2O)OC=C(C(=O)OCCc2ccc(O)cc2)[C@@H]1CC(=O)O. The largest absolute Gasteiger partial charge is 0.508 e. The predicted molar refractivity (Wildman–Crippen MR) is 120 cm³/mol. The minimum atomic E-state index is -1.70. The molecule has 0 unspecified atom stereocenters. The predicted octanol–water partition coefficient (Wildman–Crippen LogP) is -0.428. The smallest absolute Gasteiger partial charge is 0.337 e. The number of allylic oxidation sites excluding steroid dienone is 1. The number of aliphatic hydroxyl groups is 4. The molecule has 0 radical (unpaired) electrons. The summed E-state index contributed by atoms with van der Waals surface area (Å²) in [7, 11) is 0. The average molecular weight is 510 g/mol. The Kier molecular flexibility index (Phi) is 9.43. The molecule has 0 amide bonds. The number of carboxylic acids is 1. The molecule has 7 atom stereocenters. The van der Waals surface area contributed by atoms with Crippen molar-refractivity contribution >= 4 is 11.9 Å². The molecule has 2 heterocycles. The number of esters is 1. The summed E-state index contributed by atoms with van der Waals surface area (Å²) in [6, 6.07) is 6.37. The fourth-order valence-electron chi connectivity index (χ4n) is 3.99. The van der Waals surface area contributed by atoms with E-state index in [0.29, 0.717) is 6.42 Å². The van der Waals surface area contributed by atoms with Crippen molar-refractivity contribution in [2.24, 2.45) is 5.92 Å². The number of aromatic hydroxyl groups is 1. The Morgan fingerprint density at radius 1 is 1.08 bits per heavy atom. The molecular weight excluding hydrogens is 480 g/mol. The van der Waals surface area contributed by atoms with Crippen LogP contribution in [0.2, 0.25) is 0 Å². The number of hydrogen-bond acceptors (Lipinski definition) is 11. The van der Waals surface area contributed by atoms with Gasteiger partial charge in [-0.3, -0.25) is 4.79 Å². The molecule has 36 heavy (non-hydrogen) atoms. The number of carboxylic acid groups (broad SMARTS) is 1. The summed E-state index contributed by atoms with van der Waals surface area (Å²) in [4.78, 5) is 24.4. The van der Waals surface area contributed by atoms with Gasteiger partial charge in [-0.05, 0) is 24.6 Å². The molecule has 12 heteroatoms. The van der Waals surface area contributed by atoms with E-state index in [-0.39, 0.29) is 23.5 Å². The van der Waals surface area contributed by atoms with Gasteiger partial charge in [-0.25, -0.2) is 4.79 Å². The zero-order valence-electron chi connectivity index (χ0n) is 19.5. The van der Waals surface area contributed by atoms with Crippen LogP contribution < -0.4 is 0 Å². The highest BCUT2D eigenvalue weighted by Crippen LogP contribution is 2.36. The van der Waals surface area contributed by atoms with Crippen LogP contribution in [0.25, 0.3) is 0 Å². The van der Waals surface area contributed by atoms with E-state index >= 15 is 0 Å². The van der Waals surface area contributed by atoms with Gasteiger partial charge in [-0.15, -0.1) is 0 Å². The quantitative estimate of drug-likeness (QED) is 0.186. The van der Waals surface area contributed by atoms with E-state index in [1.54, 1.807) is 19.1 Å². The molecule has 0 spiro atoms. The van der Waals surface area contributed by atoms with E-state index in [1.807, 2.05) is 0 Å². The number of ether oxygens (including phenoxy) is 4. The van der Waals surface area contributed by atoms with Crippen LogP contribution in [0.4, 0.5) is 0 Å². The van der Waals surface area contributed by atoms with E-state index in [9.17, 15) is 40.2 Å². The molecular formula is C24H30O12. The Balaban J connectivity index is 1.73. The second kappa shape index (κ2) is 12.3. The van der Waals surface area contributed by atoms with Crippen LogP contribution in [0.5, 0.6) is 5.75 Å². The van der Waals surface area contributed by atoms with Crippen LogP contribution in [0, 0.1) is 5.92 Å². The van der Waals surface area contributed by atoms with E-state index in [1.165, 1.54) is 18.2 Å². The highest BCUT2D eigenvalue weighted by molar-refractivity contribution is 5.90. The summed E-state index contributed by atoms with van der Waals surface area (Å²) in [6.45, 7) is 0.918. The van der Waals surface area contributed by atoms with Gasteiger partial charge in [-0.2, -0.15) is 0 Å². The number of hydrogen-bond donors (Lipinski definition) is 6. The standard InChI is InChI=1S/C24H30O12/c1-2-14-15(9-18(27)28)16(22(32)33-8-7-12-3-5-13(26)6-4-12)11-34-23(14)36-24-21(31)20(30)19(29)17(10-25)35-24/h2-6,11,15,17,19-21,23-26,29-31H,7-10H2,1H3,(H,27,28)/t15-,17-,19-,20+,21-,23+,24+/m1/s1. The molecule has 1 aromatic carbocycles. The maximum Gasteiger partial charge on any atom is 0.337 e. The third-order valence-electron chi connectivity index (χ3n) is 5.98. The average Bonchev–Trinajstić information content (AvgIpc) is 2.85. The fraction of sp³-hybridized carbons (Fsp3) is 0.500. The van der Waals surface area contributed by atoms with Crippen LogP contribution in [0.15, 0.2) is 47.7 Å². The van der Waals surface area contributed by atoms with Crippen LogP contribution in [-0.2, 0) is 35.0 Å². The van der Waals surface area contributed by atoms with Crippen LogP contribution in [-0.4, -0.2) is 92.8 Å². The summed E-state index contributed by atoms with van der Waals surface area (Å²) >= 11 is 0. The molecule has 1 aromatic rings. The second-order valence-electron chi connectivity index (χ2n) is 8.37. The summed E-state index contributed by atoms with van der Waals surface area (Å²) in [5.41, 5.74) is 1.01.